The van der Waals surface area contributed by atoms with Crippen LogP contribution in [0.25, 0.3) is 0 Å². The minimum atomic E-state index is -0.0965. The standard InChI is InChI=1S/C12H16FN/c1-9-3-4-11(13)10(7-9)12(8-14)5-2-6-12/h3-4,7H,2,5-6,8,14H2,1H3. The van der Waals surface area contributed by atoms with Gasteiger partial charge in [-0.25, -0.2) is 4.39 Å². The molecule has 0 amide bonds. The van der Waals surface area contributed by atoms with E-state index in [9.17, 15) is 4.39 Å². The highest BCUT2D eigenvalue weighted by molar-refractivity contribution is 5.33. The molecule has 0 saturated heterocycles. The molecular formula is C12H16FN. The Kier molecular flexibility index (Phi) is 2.31. The van der Waals surface area contributed by atoms with Crippen LogP contribution in [-0.2, 0) is 5.41 Å². The molecule has 0 aromatic heterocycles. The molecule has 76 valence electrons. The summed E-state index contributed by atoms with van der Waals surface area (Å²) in [6.07, 6.45) is 3.23. The van der Waals surface area contributed by atoms with Crippen LogP contribution < -0.4 is 5.73 Å². The first-order valence-electron chi connectivity index (χ1n) is 5.15. The van der Waals surface area contributed by atoms with Crippen molar-refractivity contribution >= 4 is 0 Å². The molecule has 2 rings (SSSR count). The van der Waals surface area contributed by atoms with Gasteiger partial charge in [-0.3, -0.25) is 0 Å². The summed E-state index contributed by atoms with van der Waals surface area (Å²) in [5, 5.41) is 0. The summed E-state index contributed by atoms with van der Waals surface area (Å²) >= 11 is 0. The SMILES string of the molecule is Cc1ccc(F)c(C2(CN)CCC2)c1. The van der Waals surface area contributed by atoms with Gasteiger partial charge in [0.05, 0.1) is 0 Å². The smallest absolute Gasteiger partial charge is 0.127 e. The Labute approximate surface area is 84.1 Å². The molecule has 14 heavy (non-hydrogen) atoms. The second-order valence-electron chi connectivity index (χ2n) is 4.32. The Morgan fingerprint density at radius 3 is 2.64 bits per heavy atom. The zero-order chi connectivity index (χ0) is 10.2. The highest BCUT2D eigenvalue weighted by Gasteiger charge is 2.39. The normalized spacial score (nSPS) is 19.1. The fourth-order valence-electron chi connectivity index (χ4n) is 2.23. The van der Waals surface area contributed by atoms with Gasteiger partial charge in [-0.2, -0.15) is 0 Å². The maximum Gasteiger partial charge on any atom is 0.127 e. The van der Waals surface area contributed by atoms with Crippen molar-refractivity contribution in [1.29, 1.82) is 0 Å². The van der Waals surface area contributed by atoms with Gasteiger partial charge in [0.15, 0.2) is 0 Å². The van der Waals surface area contributed by atoms with Crippen LogP contribution in [0.4, 0.5) is 4.39 Å². The summed E-state index contributed by atoms with van der Waals surface area (Å²) in [5.41, 5.74) is 7.63. The monoisotopic (exact) mass is 193 g/mol. The van der Waals surface area contributed by atoms with E-state index in [2.05, 4.69) is 0 Å². The predicted molar refractivity (Wildman–Crippen MR) is 55.7 cm³/mol. The second-order valence-corrected chi connectivity index (χ2v) is 4.32. The maximum absolute atomic E-state index is 13.6. The van der Waals surface area contributed by atoms with E-state index in [0.29, 0.717) is 6.54 Å². The van der Waals surface area contributed by atoms with E-state index < -0.39 is 0 Å². The number of aryl methyl sites for hydroxylation is 1. The third-order valence-corrected chi connectivity index (χ3v) is 3.39. The lowest BCUT2D eigenvalue weighted by Crippen LogP contribution is -2.42. The molecule has 1 aromatic carbocycles. The first kappa shape index (κ1) is 9.66. The Bertz CT molecular complexity index is 337. The van der Waals surface area contributed by atoms with Crippen LogP contribution in [0, 0.1) is 12.7 Å². The van der Waals surface area contributed by atoms with Crippen molar-refractivity contribution < 1.29 is 4.39 Å². The van der Waals surface area contributed by atoms with Crippen molar-refractivity contribution in [3.8, 4) is 0 Å². The molecule has 0 heterocycles. The van der Waals surface area contributed by atoms with Crippen LogP contribution in [0.1, 0.15) is 30.4 Å². The molecule has 1 aliphatic rings. The summed E-state index contributed by atoms with van der Waals surface area (Å²) in [5.74, 6) is -0.0965. The zero-order valence-electron chi connectivity index (χ0n) is 8.52. The average molecular weight is 193 g/mol. The summed E-state index contributed by atoms with van der Waals surface area (Å²) in [4.78, 5) is 0. The molecule has 0 radical (unpaired) electrons. The van der Waals surface area contributed by atoms with E-state index in [1.807, 2.05) is 19.1 Å². The van der Waals surface area contributed by atoms with E-state index >= 15 is 0 Å². The summed E-state index contributed by atoms with van der Waals surface area (Å²) in [6.45, 7) is 2.55. The molecule has 1 saturated carbocycles. The fraction of sp³-hybridized carbons (Fsp3) is 0.500. The summed E-state index contributed by atoms with van der Waals surface area (Å²) in [6, 6.07) is 5.31. The molecule has 0 atom stereocenters. The number of benzene rings is 1. The Hall–Kier alpha value is -0.890. The van der Waals surface area contributed by atoms with Gasteiger partial charge in [0.1, 0.15) is 5.82 Å². The van der Waals surface area contributed by atoms with Crippen molar-refractivity contribution in [3.05, 3.63) is 35.1 Å². The van der Waals surface area contributed by atoms with Gasteiger partial charge in [-0.1, -0.05) is 24.1 Å². The molecule has 1 fully saturated rings. The lowest BCUT2D eigenvalue weighted by atomic mass is 9.64. The van der Waals surface area contributed by atoms with Crippen LogP contribution in [0.2, 0.25) is 0 Å². The van der Waals surface area contributed by atoms with Crippen molar-refractivity contribution in [1.82, 2.24) is 0 Å². The average Bonchev–Trinajstić information content (AvgIpc) is 2.10. The minimum Gasteiger partial charge on any atom is -0.330 e. The van der Waals surface area contributed by atoms with Crippen LogP contribution >= 0.6 is 0 Å². The zero-order valence-corrected chi connectivity index (χ0v) is 8.52. The van der Waals surface area contributed by atoms with E-state index in [1.54, 1.807) is 6.07 Å². The van der Waals surface area contributed by atoms with Crippen LogP contribution in [0.5, 0.6) is 0 Å². The Morgan fingerprint density at radius 2 is 2.14 bits per heavy atom. The van der Waals surface area contributed by atoms with E-state index in [-0.39, 0.29) is 11.2 Å². The Morgan fingerprint density at radius 1 is 1.43 bits per heavy atom. The van der Waals surface area contributed by atoms with Crippen molar-refractivity contribution in [2.75, 3.05) is 6.54 Å². The van der Waals surface area contributed by atoms with Gasteiger partial charge < -0.3 is 5.73 Å². The maximum atomic E-state index is 13.6. The quantitative estimate of drug-likeness (QED) is 0.767. The molecular weight excluding hydrogens is 177 g/mol. The lowest BCUT2D eigenvalue weighted by molar-refractivity contribution is 0.244. The summed E-state index contributed by atoms with van der Waals surface area (Å²) in [7, 11) is 0. The topological polar surface area (TPSA) is 26.0 Å². The molecule has 0 spiro atoms. The molecule has 1 nitrogen and oxygen atoms in total. The van der Waals surface area contributed by atoms with Gasteiger partial charge in [-0.15, -0.1) is 0 Å². The molecule has 2 heteroatoms. The molecule has 0 unspecified atom stereocenters. The molecule has 1 aliphatic carbocycles. The van der Waals surface area contributed by atoms with Crippen molar-refractivity contribution in [2.45, 2.75) is 31.6 Å². The van der Waals surface area contributed by atoms with E-state index in [1.165, 1.54) is 6.42 Å². The first-order chi connectivity index (χ1) is 6.68. The predicted octanol–water partition coefficient (Wildman–Crippen LogP) is 2.51. The second kappa shape index (κ2) is 3.35. The van der Waals surface area contributed by atoms with Crippen molar-refractivity contribution in [3.63, 3.8) is 0 Å². The van der Waals surface area contributed by atoms with Crippen molar-refractivity contribution in [2.24, 2.45) is 5.73 Å². The number of halogens is 1. The number of hydrogen-bond donors (Lipinski definition) is 1. The van der Waals surface area contributed by atoms with Gasteiger partial charge in [-0.05, 0) is 31.4 Å². The molecule has 0 aliphatic heterocycles. The fourth-order valence-corrected chi connectivity index (χ4v) is 2.23. The number of rotatable bonds is 2. The minimum absolute atomic E-state index is 0.0594. The van der Waals surface area contributed by atoms with Crippen LogP contribution in [-0.4, -0.2) is 6.54 Å². The van der Waals surface area contributed by atoms with Gasteiger partial charge >= 0.3 is 0 Å². The summed E-state index contributed by atoms with van der Waals surface area (Å²) < 4.78 is 13.6. The third kappa shape index (κ3) is 1.34. The lowest BCUT2D eigenvalue weighted by Gasteiger charge is -2.41. The Balaban J connectivity index is 2.43. The van der Waals surface area contributed by atoms with E-state index in [4.69, 9.17) is 5.73 Å². The van der Waals surface area contributed by atoms with Crippen LogP contribution in [0.3, 0.4) is 0 Å². The van der Waals surface area contributed by atoms with E-state index in [0.717, 1.165) is 24.0 Å². The largest absolute Gasteiger partial charge is 0.330 e. The molecule has 2 N–H and O–H groups in total. The molecule has 0 bridgehead atoms. The number of hydrogen-bond acceptors (Lipinski definition) is 1. The van der Waals surface area contributed by atoms with Gasteiger partial charge in [0, 0.05) is 12.0 Å². The number of nitrogens with two attached hydrogens (primary N) is 1. The highest BCUT2D eigenvalue weighted by atomic mass is 19.1. The van der Waals surface area contributed by atoms with Gasteiger partial charge in [0.2, 0.25) is 0 Å². The highest BCUT2D eigenvalue weighted by Crippen LogP contribution is 2.43. The van der Waals surface area contributed by atoms with Crippen LogP contribution in [0.15, 0.2) is 18.2 Å². The van der Waals surface area contributed by atoms with Gasteiger partial charge in [0.25, 0.3) is 0 Å². The third-order valence-electron chi connectivity index (χ3n) is 3.39. The first-order valence-corrected chi connectivity index (χ1v) is 5.15. The molecule has 1 aromatic rings.